The van der Waals surface area contributed by atoms with Crippen LogP contribution in [0.3, 0.4) is 0 Å². The van der Waals surface area contributed by atoms with E-state index in [1.807, 2.05) is 0 Å². The van der Waals surface area contributed by atoms with Crippen molar-refractivity contribution in [3.63, 3.8) is 0 Å². The molecular formula is C11H18N2O. The zero-order valence-corrected chi connectivity index (χ0v) is 8.54. The summed E-state index contributed by atoms with van der Waals surface area (Å²) in [5, 5.41) is 7.89. The highest BCUT2D eigenvalue weighted by Crippen LogP contribution is 2.41. The molecule has 2 aliphatic heterocycles. The second-order valence-electron chi connectivity index (χ2n) is 4.77. The first-order valence-corrected chi connectivity index (χ1v) is 5.82. The molecule has 3 fully saturated rings. The minimum absolute atomic E-state index is 0.452. The Kier molecular flexibility index (Phi) is 2.01. The van der Waals surface area contributed by atoms with Gasteiger partial charge in [0, 0.05) is 19.6 Å². The van der Waals surface area contributed by atoms with Gasteiger partial charge in [-0.25, -0.2) is 0 Å². The van der Waals surface area contributed by atoms with Crippen molar-refractivity contribution in [3.05, 3.63) is 0 Å². The number of ether oxygens (including phenoxy) is 1. The zero-order valence-electron chi connectivity index (χ0n) is 8.54. The Hall–Kier alpha value is -0.570. The summed E-state index contributed by atoms with van der Waals surface area (Å²) in [6.45, 7) is 2.01. The Labute approximate surface area is 84.9 Å². The van der Waals surface area contributed by atoms with Gasteiger partial charge in [0.05, 0.1) is 18.0 Å². The molecule has 2 atom stereocenters. The van der Waals surface area contributed by atoms with Crippen LogP contribution in [0, 0.1) is 11.3 Å². The van der Waals surface area contributed by atoms with E-state index < -0.39 is 0 Å². The fraction of sp³-hybridized carbons (Fsp3) is 0.909. The smallest absolute Gasteiger partial charge is 0.0961 e. The van der Waals surface area contributed by atoms with E-state index in [2.05, 4.69) is 4.90 Å². The van der Waals surface area contributed by atoms with Crippen LogP contribution in [0.1, 0.15) is 32.1 Å². The predicted octanol–water partition coefficient (Wildman–Crippen LogP) is 1.63. The van der Waals surface area contributed by atoms with Gasteiger partial charge < -0.3 is 9.64 Å². The van der Waals surface area contributed by atoms with Crippen molar-refractivity contribution in [1.82, 2.24) is 4.90 Å². The molecule has 3 nitrogen and oxygen atoms in total. The number of rotatable bonds is 2. The minimum atomic E-state index is 0.452. The standard InChI is InChI=1S/C11H18N2O/c12-10-2-1-6-13(10)9-5-7-14-11(9)8-3-4-8/h8-9,11-12H,1-7H2. The van der Waals surface area contributed by atoms with Crippen LogP contribution in [0.2, 0.25) is 0 Å². The SMILES string of the molecule is N=C1CCCN1C1CCOC1C1CC1. The molecule has 3 aliphatic rings. The molecule has 0 aromatic heterocycles. The summed E-state index contributed by atoms with van der Waals surface area (Å²) in [7, 11) is 0. The van der Waals surface area contributed by atoms with Crippen LogP contribution in [-0.4, -0.2) is 36.0 Å². The highest BCUT2D eigenvalue weighted by Gasteiger charge is 2.44. The lowest BCUT2D eigenvalue weighted by Gasteiger charge is -2.29. The number of likely N-dealkylation sites (tertiary alicyclic amines) is 1. The van der Waals surface area contributed by atoms with Crippen molar-refractivity contribution in [3.8, 4) is 0 Å². The average Bonchev–Trinajstić information content (AvgIpc) is 2.75. The Morgan fingerprint density at radius 3 is 2.79 bits per heavy atom. The van der Waals surface area contributed by atoms with Gasteiger partial charge in [0.1, 0.15) is 0 Å². The van der Waals surface area contributed by atoms with Crippen LogP contribution in [0.4, 0.5) is 0 Å². The van der Waals surface area contributed by atoms with E-state index in [0.717, 1.165) is 37.7 Å². The predicted molar refractivity (Wildman–Crippen MR) is 54.5 cm³/mol. The van der Waals surface area contributed by atoms with E-state index in [9.17, 15) is 0 Å². The molecule has 0 spiro atoms. The number of hydrogen-bond donors (Lipinski definition) is 1. The van der Waals surface area contributed by atoms with Gasteiger partial charge in [-0.2, -0.15) is 0 Å². The van der Waals surface area contributed by atoms with Gasteiger partial charge in [-0.3, -0.25) is 5.41 Å². The molecule has 0 bridgehead atoms. The van der Waals surface area contributed by atoms with E-state index in [0.29, 0.717) is 12.1 Å². The van der Waals surface area contributed by atoms with Gasteiger partial charge in [0.25, 0.3) is 0 Å². The van der Waals surface area contributed by atoms with Crippen molar-refractivity contribution >= 4 is 5.84 Å². The molecule has 3 heteroatoms. The Morgan fingerprint density at radius 2 is 2.14 bits per heavy atom. The maximum atomic E-state index is 7.89. The van der Waals surface area contributed by atoms with Crippen molar-refractivity contribution in [2.75, 3.05) is 13.2 Å². The van der Waals surface area contributed by atoms with Gasteiger partial charge in [0.15, 0.2) is 0 Å². The molecule has 0 amide bonds. The van der Waals surface area contributed by atoms with Crippen molar-refractivity contribution in [2.45, 2.75) is 44.2 Å². The molecule has 78 valence electrons. The summed E-state index contributed by atoms with van der Waals surface area (Å²) in [4.78, 5) is 2.30. The zero-order chi connectivity index (χ0) is 9.54. The van der Waals surface area contributed by atoms with Gasteiger partial charge >= 0.3 is 0 Å². The molecule has 2 saturated heterocycles. The molecule has 1 N–H and O–H groups in total. The number of nitrogens with one attached hydrogen (secondary N) is 1. The summed E-state index contributed by atoms with van der Waals surface area (Å²) in [6, 6.07) is 0.539. The third kappa shape index (κ3) is 1.34. The van der Waals surface area contributed by atoms with Gasteiger partial charge in [-0.15, -0.1) is 0 Å². The Balaban J connectivity index is 1.72. The van der Waals surface area contributed by atoms with E-state index in [1.54, 1.807) is 0 Å². The third-order valence-corrected chi connectivity index (χ3v) is 3.75. The molecular weight excluding hydrogens is 176 g/mol. The van der Waals surface area contributed by atoms with E-state index in [4.69, 9.17) is 10.1 Å². The van der Waals surface area contributed by atoms with Crippen molar-refractivity contribution in [2.24, 2.45) is 5.92 Å². The largest absolute Gasteiger partial charge is 0.376 e. The van der Waals surface area contributed by atoms with Gasteiger partial charge in [0.2, 0.25) is 0 Å². The summed E-state index contributed by atoms with van der Waals surface area (Å²) in [5.74, 6) is 1.67. The van der Waals surface area contributed by atoms with Crippen molar-refractivity contribution < 1.29 is 4.74 Å². The first-order valence-electron chi connectivity index (χ1n) is 5.82. The first-order chi connectivity index (χ1) is 6.86. The van der Waals surface area contributed by atoms with E-state index >= 15 is 0 Å². The second-order valence-corrected chi connectivity index (χ2v) is 4.77. The van der Waals surface area contributed by atoms with Crippen LogP contribution in [0.15, 0.2) is 0 Å². The fourth-order valence-electron chi connectivity index (χ4n) is 2.87. The summed E-state index contributed by atoms with van der Waals surface area (Å²) < 4.78 is 5.81. The Bertz CT molecular complexity index is 250. The molecule has 1 saturated carbocycles. The van der Waals surface area contributed by atoms with Gasteiger partial charge in [-0.1, -0.05) is 0 Å². The molecule has 0 aromatic carbocycles. The molecule has 3 rings (SSSR count). The highest BCUT2D eigenvalue weighted by molar-refractivity contribution is 5.81. The lowest BCUT2D eigenvalue weighted by molar-refractivity contribution is 0.0655. The fourth-order valence-corrected chi connectivity index (χ4v) is 2.87. The molecule has 2 heterocycles. The minimum Gasteiger partial charge on any atom is -0.376 e. The summed E-state index contributed by atoms with van der Waals surface area (Å²) in [5.41, 5.74) is 0. The lowest BCUT2D eigenvalue weighted by atomic mass is 10.1. The molecule has 0 radical (unpaired) electrons. The second kappa shape index (κ2) is 3.23. The van der Waals surface area contributed by atoms with Crippen LogP contribution in [0.5, 0.6) is 0 Å². The van der Waals surface area contributed by atoms with Crippen LogP contribution in [0.25, 0.3) is 0 Å². The number of hydrogen-bond acceptors (Lipinski definition) is 2. The van der Waals surface area contributed by atoms with Crippen LogP contribution < -0.4 is 0 Å². The van der Waals surface area contributed by atoms with E-state index in [1.165, 1.54) is 19.3 Å². The molecule has 14 heavy (non-hydrogen) atoms. The summed E-state index contributed by atoms with van der Waals surface area (Å²) >= 11 is 0. The van der Waals surface area contributed by atoms with Crippen LogP contribution in [-0.2, 0) is 4.74 Å². The van der Waals surface area contributed by atoms with Gasteiger partial charge in [-0.05, 0) is 31.6 Å². The maximum Gasteiger partial charge on any atom is 0.0961 e. The Morgan fingerprint density at radius 1 is 1.29 bits per heavy atom. The molecule has 1 aliphatic carbocycles. The maximum absolute atomic E-state index is 7.89. The number of amidine groups is 1. The van der Waals surface area contributed by atoms with Crippen molar-refractivity contribution in [1.29, 1.82) is 5.41 Å². The lowest BCUT2D eigenvalue weighted by Crippen LogP contribution is -2.42. The van der Waals surface area contributed by atoms with Crippen LogP contribution >= 0.6 is 0 Å². The average molecular weight is 194 g/mol. The quantitative estimate of drug-likeness (QED) is 0.725. The summed E-state index contributed by atoms with van der Waals surface area (Å²) in [6.07, 6.45) is 6.45. The molecule has 0 aromatic rings. The normalized spacial score (nSPS) is 38.3. The van der Waals surface area contributed by atoms with E-state index in [-0.39, 0.29) is 0 Å². The first kappa shape index (κ1) is 8.72. The monoisotopic (exact) mass is 194 g/mol. The highest BCUT2D eigenvalue weighted by atomic mass is 16.5. The third-order valence-electron chi connectivity index (χ3n) is 3.75. The molecule has 2 unspecified atom stereocenters. The topological polar surface area (TPSA) is 36.3 Å². The number of nitrogens with zero attached hydrogens (tertiary/aromatic N) is 1.